The van der Waals surface area contributed by atoms with Gasteiger partial charge in [-0.15, -0.1) is 0 Å². The highest BCUT2D eigenvalue weighted by atomic mass is 16.6. The van der Waals surface area contributed by atoms with Crippen molar-refractivity contribution in [2.45, 2.75) is 71.4 Å². The van der Waals surface area contributed by atoms with Crippen molar-refractivity contribution < 1.29 is 14.3 Å². The number of carbonyl (C=O) groups is 2. The highest BCUT2D eigenvalue weighted by Gasteiger charge is 2.43. The fourth-order valence-corrected chi connectivity index (χ4v) is 4.44. The summed E-state index contributed by atoms with van der Waals surface area (Å²) in [4.78, 5) is 29.2. The standard InChI is InChI=1S/C21H34N4O3/c1-20(2,3)28-19(27)25-9-7-8-16(25)10-18(26)24-13-17(21(4,5)14-24)15-11-22-23(6)12-15/h11-12,16-17H,7-10,13-14H2,1-6H3. The van der Waals surface area contributed by atoms with Gasteiger partial charge in [0.05, 0.1) is 6.20 Å². The average molecular weight is 391 g/mol. The Bertz CT molecular complexity index is 734. The first-order valence-electron chi connectivity index (χ1n) is 10.2. The van der Waals surface area contributed by atoms with Crippen molar-refractivity contribution in [1.29, 1.82) is 0 Å². The zero-order valence-electron chi connectivity index (χ0n) is 18.1. The lowest BCUT2D eigenvalue weighted by Crippen LogP contribution is -2.42. The molecule has 2 aliphatic heterocycles. The van der Waals surface area contributed by atoms with E-state index in [2.05, 4.69) is 18.9 Å². The third-order valence-corrected chi connectivity index (χ3v) is 5.84. The third kappa shape index (κ3) is 4.50. The van der Waals surface area contributed by atoms with E-state index in [-0.39, 0.29) is 29.4 Å². The van der Waals surface area contributed by atoms with Crippen LogP contribution in [0.2, 0.25) is 0 Å². The molecule has 1 aromatic rings. The van der Waals surface area contributed by atoms with Gasteiger partial charge in [-0.3, -0.25) is 9.48 Å². The molecule has 1 aromatic heterocycles. The Hall–Kier alpha value is -2.05. The molecule has 0 N–H and O–H groups in total. The van der Waals surface area contributed by atoms with Crippen LogP contribution in [0.4, 0.5) is 4.79 Å². The molecule has 2 unspecified atom stereocenters. The molecule has 3 rings (SSSR count). The number of carbonyl (C=O) groups excluding carboxylic acids is 2. The smallest absolute Gasteiger partial charge is 0.410 e. The summed E-state index contributed by atoms with van der Waals surface area (Å²) in [7, 11) is 1.92. The second kappa shape index (κ2) is 7.41. The molecule has 2 aliphatic rings. The number of aryl methyl sites for hydroxylation is 1. The first-order valence-corrected chi connectivity index (χ1v) is 10.2. The quantitative estimate of drug-likeness (QED) is 0.795. The highest BCUT2D eigenvalue weighted by Crippen LogP contribution is 2.42. The number of nitrogens with zero attached hydrogens (tertiary/aromatic N) is 4. The van der Waals surface area contributed by atoms with Crippen LogP contribution < -0.4 is 0 Å². The SMILES string of the molecule is Cn1cc(C2CN(C(=O)CC3CCCN3C(=O)OC(C)(C)C)CC2(C)C)cn1. The van der Waals surface area contributed by atoms with Gasteiger partial charge in [0.1, 0.15) is 5.60 Å². The zero-order valence-corrected chi connectivity index (χ0v) is 18.1. The van der Waals surface area contributed by atoms with E-state index in [4.69, 9.17) is 4.74 Å². The summed E-state index contributed by atoms with van der Waals surface area (Å²) in [6.45, 7) is 12.1. The lowest BCUT2D eigenvalue weighted by Gasteiger charge is -2.29. The maximum absolute atomic E-state index is 13.1. The summed E-state index contributed by atoms with van der Waals surface area (Å²) in [6.07, 6.45) is 5.78. The number of hydrogen-bond acceptors (Lipinski definition) is 4. The summed E-state index contributed by atoms with van der Waals surface area (Å²) in [5, 5.41) is 4.29. The summed E-state index contributed by atoms with van der Waals surface area (Å²) >= 11 is 0. The van der Waals surface area contributed by atoms with Crippen LogP contribution in [0, 0.1) is 5.41 Å². The Morgan fingerprint density at radius 2 is 2.04 bits per heavy atom. The molecule has 28 heavy (non-hydrogen) atoms. The van der Waals surface area contributed by atoms with Crippen LogP contribution in [0.5, 0.6) is 0 Å². The minimum Gasteiger partial charge on any atom is -0.444 e. The van der Waals surface area contributed by atoms with Gasteiger partial charge >= 0.3 is 6.09 Å². The van der Waals surface area contributed by atoms with E-state index in [1.54, 1.807) is 4.90 Å². The van der Waals surface area contributed by atoms with Crippen molar-refractivity contribution in [2.24, 2.45) is 12.5 Å². The summed E-state index contributed by atoms with van der Waals surface area (Å²) in [5.74, 6) is 0.399. The Kier molecular flexibility index (Phi) is 5.47. The number of likely N-dealkylation sites (tertiary alicyclic amines) is 2. The molecule has 0 saturated carbocycles. The second-order valence-corrected chi connectivity index (χ2v) is 9.94. The Labute approximate surface area is 168 Å². The lowest BCUT2D eigenvalue weighted by molar-refractivity contribution is -0.131. The van der Waals surface area contributed by atoms with Gasteiger partial charge in [-0.05, 0) is 44.6 Å². The molecular weight excluding hydrogens is 356 g/mol. The van der Waals surface area contributed by atoms with E-state index >= 15 is 0 Å². The van der Waals surface area contributed by atoms with Crippen molar-refractivity contribution in [3.05, 3.63) is 18.0 Å². The van der Waals surface area contributed by atoms with E-state index < -0.39 is 5.60 Å². The fourth-order valence-electron chi connectivity index (χ4n) is 4.44. The molecule has 7 heteroatoms. The van der Waals surface area contributed by atoms with Gasteiger partial charge in [-0.2, -0.15) is 5.10 Å². The average Bonchev–Trinajstić information content (AvgIpc) is 3.24. The molecule has 2 fully saturated rings. The molecule has 0 bridgehead atoms. The number of hydrogen-bond donors (Lipinski definition) is 0. The molecule has 0 aromatic carbocycles. The Morgan fingerprint density at radius 1 is 1.32 bits per heavy atom. The maximum atomic E-state index is 13.1. The van der Waals surface area contributed by atoms with E-state index in [1.165, 1.54) is 5.56 Å². The van der Waals surface area contributed by atoms with Crippen LogP contribution in [-0.2, 0) is 16.6 Å². The summed E-state index contributed by atoms with van der Waals surface area (Å²) < 4.78 is 7.33. The van der Waals surface area contributed by atoms with Crippen LogP contribution in [0.25, 0.3) is 0 Å². The fraction of sp³-hybridized carbons (Fsp3) is 0.762. The first-order chi connectivity index (χ1) is 13.0. The van der Waals surface area contributed by atoms with Gasteiger partial charge in [0.15, 0.2) is 0 Å². The highest BCUT2D eigenvalue weighted by molar-refractivity contribution is 5.78. The van der Waals surface area contributed by atoms with E-state index in [9.17, 15) is 9.59 Å². The van der Waals surface area contributed by atoms with Gasteiger partial charge in [-0.25, -0.2) is 4.79 Å². The Morgan fingerprint density at radius 3 is 2.64 bits per heavy atom. The molecule has 0 aliphatic carbocycles. The number of rotatable bonds is 3. The maximum Gasteiger partial charge on any atom is 0.410 e. The molecular formula is C21H34N4O3. The molecule has 2 atom stereocenters. The largest absolute Gasteiger partial charge is 0.444 e. The molecule has 156 valence electrons. The molecule has 7 nitrogen and oxygen atoms in total. The van der Waals surface area contributed by atoms with Gasteiger partial charge in [-0.1, -0.05) is 13.8 Å². The van der Waals surface area contributed by atoms with Crippen LogP contribution in [0.1, 0.15) is 65.4 Å². The van der Waals surface area contributed by atoms with E-state index in [0.29, 0.717) is 19.5 Å². The first kappa shape index (κ1) is 20.7. The summed E-state index contributed by atoms with van der Waals surface area (Å²) in [6, 6.07) is -0.0668. The Balaban J connectivity index is 1.63. The van der Waals surface area contributed by atoms with Crippen LogP contribution >= 0.6 is 0 Å². The molecule has 0 radical (unpaired) electrons. The minimum absolute atomic E-state index is 0.000772. The zero-order chi connectivity index (χ0) is 20.7. The van der Waals surface area contributed by atoms with Crippen molar-refractivity contribution >= 4 is 12.0 Å². The monoisotopic (exact) mass is 390 g/mol. The molecule has 0 spiro atoms. The topological polar surface area (TPSA) is 67.7 Å². The minimum atomic E-state index is -0.524. The third-order valence-electron chi connectivity index (χ3n) is 5.84. The predicted octanol–water partition coefficient (Wildman–Crippen LogP) is 3.16. The van der Waals surface area contributed by atoms with Crippen molar-refractivity contribution in [1.82, 2.24) is 19.6 Å². The van der Waals surface area contributed by atoms with Crippen LogP contribution in [0.15, 0.2) is 12.4 Å². The van der Waals surface area contributed by atoms with Crippen LogP contribution in [0.3, 0.4) is 0 Å². The number of amides is 2. The molecule has 3 heterocycles. The van der Waals surface area contributed by atoms with Gasteiger partial charge in [0.25, 0.3) is 0 Å². The number of ether oxygens (including phenoxy) is 1. The van der Waals surface area contributed by atoms with Crippen LogP contribution in [-0.4, -0.2) is 62.9 Å². The summed E-state index contributed by atoms with van der Waals surface area (Å²) in [5.41, 5.74) is 0.655. The van der Waals surface area contributed by atoms with Crippen molar-refractivity contribution in [3.63, 3.8) is 0 Å². The van der Waals surface area contributed by atoms with Crippen molar-refractivity contribution in [2.75, 3.05) is 19.6 Å². The molecule has 2 amide bonds. The second-order valence-electron chi connectivity index (χ2n) is 9.94. The lowest BCUT2D eigenvalue weighted by atomic mass is 9.79. The predicted molar refractivity (Wildman–Crippen MR) is 107 cm³/mol. The number of aromatic nitrogens is 2. The molecule has 2 saturated heterocycles. The van der Waals surface area contributed by atoms with Crippen molar-refractivity contribution in [3.8, 4) is 0 Å². The van der Waals surface area contributed by atoms with Gasteiger partial charge < -0.3 is 14.5 Å². The normalized spacial score (nSPS) is 24.6. The van der Waals surface area contributed by atoms with E-state index in [0.717, 1.165) is 19.4 Å². The van der Waals surface area contributed by atoms with Gasteiger partial charge in [0, 0.05) is 51.3 Å². The van der Waals surface area contributed by atoms with E-state index in [1.807, 2.05) is 49.8 Å². The van der Waals surface area contributed by atoms with Gasteiger partial charge in [0.2, 0.25) is 5.91 Å².